The number of aryl methyl sites for hydroxylation is 1. The molecule has 0 heterocycles. The summed E-state index contributed by atoms with van der Waals surface area (Å²) in [5.41, 5.74) is 4.74. The van der Waals surface area contributed by atoms with Crippen LogP contribution in [0, 0.1) is 6.92 Å². The highest BCUT2D eigenvalue weighted by molar-refractivity contribution is 6.30. The monoisotopic (exact) mass is 499 g/mol. The van der Waals surface area contributed by atoms with E-state index in [0.29, 0.717) is 21.7 Å². The highest BCUT2D eigenvalue weighted by Crippen LogP contribution is 2.27. The van der Waals surface area contributed by atoms with Gasteiger partial charge in [0.1, 0.15) is 5.75 Å². The maximum Gasteiger partial charge on any atom is 0.343 e. The predicted octanol–water partition coefficient (Wildman–Crippen LogP) is 4.90. The van der Waals surface area contributed by atoms with Crippen LogP contribution >= 0.6 is 11.6 Å². The molecule has 8 heteroatoms. The number of hydrogen-bond acceptors (Lipinski definition) is 5. The SMILES string of the molecule is Cc1ccc(C(=O)NCC(=O)N/N=C/c2c(OC(=O)c3ccc(Cl)cc3)ccc3ccccc23)cc1. The molecule has 0 bridgehead atoms. The normalized spacial score (nSPS) is 10.8. The van der Waals surface area contributed by atoms with Gasteiger partial charge in [-0.05, 0) is 60.2 Å². The zero-order valence-corrected chi connectivity index (χ0v) is 20.1. The van der Waals surface area contributed by atoms with Gasteiger partial charge >= 0.3 is 5.97 Å². The van der Waals surface area contributed by atoms with Crippen LogP contribution in [0.2, 0.25) is 5.02 Å². The van der Waals surface area contributed by atoms with Crippen molar-refractivity contribution in [3.05, 3.63) is 112 Å². The molecule has 0 unspecified atom stereocenters. The Kier molecular flexibility index (Phi) is 7.72. The van der Waals surface area contributed by atoms with E-state index in [1.807, 2.05) is 49.4 Å². The summed E-state index contributed by atoms with van der Waals surface area (Å²) in [5, 5.41) is 8.77. The van der Waals surface area contributed by atoms with Crippen molar-refractivity contribution in [1.29, 1.82) is 0 Å². The number of nitrogens with one attached hydrogen (secondary N) is 2. The summed E-state index contributed by atoms with van der Waals surface area (Å²) in [7, 11) is 0. The Morgan fingerprint density at radius 2 is 1.58 bits per heavy atom. The first-order valence-corrected chi connectivity index (χ1v) is 11.4. The molecule has 2 amide bonds. The van der Waals surface area contributed by atoms with Crippen molar-refractivity contribution >= 4 is 46.4 Å². The number of hydrogen-bond donors (Lipinski definition) is 2. The number of halogens is 1. The summed E-state index contributed by atoms with van der Waals surface area (Å²) in [6.45, 7) is 1.67. The maximum absolute atomic E-state index is 12.7. The molecule has 0 saturated carbocycles. The van der Waals surface area contributed by atoms with E-state index in [0.717, 1.165) is 16.3 Å². The van der Waals surface area contributed by atoms with Crippen LogP contribution in [0.3, 0.4) is 0 Å². The van der Waals surface area contributed by atoms with Gasteiger partial charge in [-0.25, -0.2) is 10.2 Å². The van der Waals surface area contributed by atoms with Gasteiger partial charge < -0.3 is 10.1 Å². The molecule has 0 aliphatic carbocycles. The molecule has 7 nitrogen and oxygen atoms in total. The van der Waals surface area contributed by atoms with Crippen molar-refractivity contribution in [3.63, 3.8) is 0 Å². The molecule has 0 aromatic heterocycles. The van der Waals surface area contributed by atoms with Crippen LogP contribution in [0.5, 0.6) is 5.75 Å². The molecule has 2 N–H and O–H groups in total. The van der Waals surface area contributed by atoms with E-state index in [4.69, 9.17) is 16.3 Å². The standard InChI is InChI=1S/C28H22ClN3O4/c1-18-6-8-20(9-7-18)27(34)30-17-26(33)32-31-16-24-23-5-3-2-4-19(23)12-15-25(24)36-28(35)21-10-13-22(29)14-11-21/h2-16H,17H2,1H3,(H,30,34)(H,32,33)/b31-16+. The zero-order valence-electron chi connectivity index (χ0n) is 19.3. The summed E-state index contributed by atoms with van der Waals surface area (Å²) in [6, 6.07) is 24.4. The Morgan fingerprint density at radius 1 is 0.889 bits per heavy atom. The molecule has 0 fully saturated rings. The third kappa shape index (κ3) is 6.14. The molecular weight excluding hydrogens is 478 g/mol. The van der Waals surface area contributed by atoms with Gasteiger partial charge in [-0.2, -0.15) is 5.10 Å². The van der Waals surface area contributed by atoms with Crippen LogP contribution < -0.4 is 15.5 Å². The Morgan fingerprint density at radius 3 is 2.33 bits per heavy atom. The topological polar surface area (TPSA) is 96.9 Å². The lowest BCUT2D eigenvalue weighted by molar-refractivity contribution is -0.120. The Labute approximate surface area is 212 Å². The van der Waals surface area contributed by atoms with Crippen molar-refractivity contribution in [2.45, 2.75) is 6.92 Å². The number of ether oxygens (including phenoxy) is 1. The summed E-state index contributed by atoms with van der Waals surface area (Å²) < 4.78 is 5.63. The van der Waals surface area contributed by atoms with Crippen LogP contribution in [-0.4, -0.2) is 30.5 Å². The van der Waals surface area contributed by atoms with Crippen molar-refractivity contribution in [3.8, 4) is 5.75 Å². The number of carbonyl (C=O) groups is 3. The smallest absolute Gasteiger partial charge is 0.343 e. The molecule has 36 heavy (non-hydrogen) atoms. The largest absolute Gasteiger partial charge is 0.422 e. The number of amides is 2. The second-order valence-electron chi connectivity index (χ2n) is 7.94. The van der Waals surface area contributed by atoms with Gasteiger partial charge in [-0.1, -0.05) is 59.6 Å². The molecule has 0 aliphatic rings. The van der Waals surface area contributed by atoms with Crippen molar-refractivity contribution in [1.82, 2.24) is 10.7 Å². The average Bonchev–Trinajstić information content (AvgIpc) is 2.89. The van der Waals surface area contributed by atoms with Gasteiger partial charge in [-0.15, -0.1) is 0 Å². The van der Waals surface area contributed by atoms with Crippen LogP contribution in [0.1, 0.15) is 31.8 Å². The molecule has 0 atom stereocenters. The third-order valence-electron chi connectivity index (χ3n) is 5.32. The number of rotatable bonds is 7. The third-order valence-corrected chi connectivity index (χ3v) is 5.57. The lowest BCUT2D eigenvalue weighted by Crippen LogP contribution is -2.34. The minimum Gasteiger partial charge on any atom is -0.422 e. The van der Waals surface area contributed by atoms with Crippen molar-refractivity contribution in [2.75, 3.05) is 6.54 Å². The molecule has 4 aromatic rings. The fourth-order valence-corrected chi connectivity index (χ4v) is 3.54. The van der Waals surface area contributed by atoms with E-state index in [1.54, 1.807) is 42.5 Å². The van der Waals surface area contributed by atoms with E-state index < -0.39 is 11.9 Å². The first-order chi connectivity index (χ1) is 17.4. The minimum absolute atomic E-state index is 0.252. The van der Waals surface area contributed by atoms with Crippen LogP contribution in [0.25, 0.3) is 10.8 Å². The maximum atomic E-state index is 12.7. The molecule has 4 rings (SSSR count). The van der Waals surface area contributed by atoms with Gasteiger partial charge in [0.05, 0.1) is 18.3 Å². The lowest BCUT2D eigenvalue weighted by atomic mass is 10.0. The van der Waals surface area contributed by atoms with E-state index in [1.165, 1.54) is 6.21 Å². The Bertz CT molecular complexity index is 1450. The van der Waals surface area contributed by atoms with Gasteiger partial charge in [0.25, 0.3) is 11.8 Å². The number of hydrazone groups is 1. The van der Waals surface area contributed by atoms with Crippen LogP contribution in [0.4, 0.5) is 0 Å². The lowest BCUT2D eigenvalue weighted by Gasteiger charge is -2.11. The number of esters is 1. The number of nitrogens with zero attached hydrogens (tertiary/aromatic N) is 1. The van der Waals surface area contributed by atoms with Gasteiger partial charge in [0.15, 0.2) is 0 Å². The van der Waals surface area contributed by atoms with Crippen molar-refractivity contribution in [2.24, 2.45) is 5.10 Å². The number of carbonyl (C=O) groups excluding carboxylic acids is 3. The molecule has 0 radical (unpaired) electrons. The highest BCUT2D eigenvalue weighted by atomic mass is 35.5. The fraction of sp³-hybridized carbons (Fsp3) is 0.0714. The quantitative estimate of drug-likeness (QED) is 0.163. The second-order valence-corrected chi connectivity index (χ2v) is 8.37. The highest BCUT2D eigenvalue weighted by Gasteiger charge is 2.14. The second kappa shape index (κ2) is 11.3. The van der Waals surface area contributed by atoms with Gasteiger partial charge in [0.2, 0.25) is 0 Å². The summed E-state index contributed by atoms with van der Waals surface area (Å²) in [5.74, 6) is -1.15. The molecule has 180 valence electrons. The number of benzene rings is 4. The van der Waals surface area contributed by atoms with E-state index in [-0.39, 0.29) is 18.2 Å². The molecule has 0 aliphatic heterocycles. The van der Waals surface area contributed by atoms with Gasteiger partial charge in [0, 0.05) is 16.1 Å². The van der Waals surface area contributed by atoms with E-state index in [9.17, 15) is 14.4 Å². The summed E-state index contributed by atoms with van der Waals surface area (Å²) in [6.07, 6.45) is 1.41. The molecule has 0 spiro atoms. The van der Waals surface area contributed by atoms with E-state index in [2.05, 4.69) is 15.8 Å². The summed E-state index contributed by atoms with van der Waals surface area (Å²) >= 11 is 5.90. The zero-order chi connectivity index (χ0) is 25.5. The first-order valence-electron chi connectivity index (χ1n) is 11.1. The first kappa shape index (κ1) is 24.6. The fourth-order valence-electron chi connectivity index (χ4n) is 3.42. The Balaban J connectivity index is 1.46. The Hall–Kier alpha value is -4.49. The average molecular weight is 500 g/mol. The van der Waals surface area contributed by atoms with E-state index >= 15 is 0 Å². The van der Waals surface area contributed by atoms with Crippen LogP contribution in [0.15, 0.2) is 90.0 Å². The molecular formula is C28H22ClN3O4. The number of fused-ring (bicyclic) bond motifs is 1. The summed E-state index contributed by atoms with van der Waals surface area (Å²) in [4.78, 5) is 37.1. The van der Waals surface area contributed by atoms with Gasteiger partial charge in [-0.3, -0.25) is 9.59 Å². The minimum atomic E-state index is -0.556. The molecule has 0 saturated heterocycles. The van der Waals surface area contributed by atoms with Crippen LogP contribution in [-0.2, 0) is 4.79 Å². The molecule has 4 aromatic carbocycles. The van der Waals surface area contributed by atoms with Crippen molar-refractivity contribution < 1.29 is 19.1 Å². The predicted molar refractivity (Wildman–Crippen MR) is 140 cm³/mol.